The zero-order valence-corrected chi connectivity index (χ0v) is 37.6. The van der Waals surface area contributed by atoms with E-state index in [0.29, 0.717) is 5.56 Å². The molecule has 0 aliphatic carbocycles. The number of nitrogens with zero attached hydrogens (tertiary/aromatic N) is 3. The van der Waals surface area contributed by atoms with Crippen LogP contribution in [-0.2, 0) is 0 Å². The average Bonchev–Trinajstić information content (AvgIpc) is 3.91. The van der Waals surface area contributed by atoms with Crippen LogP contribution in [-0.4, -0.2) is 22.4 Å². The van der Waals surface area contributed by atoms with Crippen LogP contribution in [0.4, 0.5) is 0 Å². The summed E-state index contributed by atoms with van der Waals surface area (Å²) in [6.07, 6.45) is 0. The van der Waals surface area contributed by atoms with Crippen LogP contribution in [0.25, 0.3) is 77.2 Å². The molecular weight excluding hydrogens is 847 g/mol. The standard InChI is InChI=1S/C61H41GeN3/c63-42-55-53(43-21-6-1-7-22-43)40-50(41-54(55)44-23-8-2-9-24-44)65-57-36-19-17-34-52(57)61-59(65)38-37-58-60(61)51-33-16-18-35-56(51)64(58)49-32-20-31-48(39-49)62(45-25-10-3-11-26-45,46-27-12-4-13-28-46)47-29-14-5-15-30-47/h1-41H. The predicted molar refractivity (Wildman–Crippen MR) is 274 cm³/mol. The molecule has 0 aliphatic rings. The second-order valence-electron chi connectivity index (χ2n) is 16.7. The van der Waals surface area contributed by atoms with Gasteiger partial charge in [0, 0.05) is 0 Å². The van der Waals surface area contributed by atoms with Crippen molar-refractivity contribution < 1.29 is 0 Å². The first kappa shape index (κ1) is 38.5. The summed E-state index contributed by atoms with van der Waals surface area (Å²) in [6.45, 7) is 0. The van der Waals surface area contributed by atoms with Crippen molar-refractivity contribution in [2.75, 3.05) is 0 Å². The van der Waals surface area contributed by atoms with E-state index >= 15 is 0 Å². The molecule has 12 rings (SSSR count). The summed E-state index contributed by atoms with van der Waals surface area (Å²) in [5, 5.41) is 15.6. The molecule has 4 heteroatoms. The summed E-state index contributed by atoms with van der Waals surface area (Å²) in [6, 6.07) is 93.0. The Balaban J connectivity index is 1.14. The monoisotopic (exact) mass is 889 g/mol. The molecule has 0 spiro atoms. The minimum absolute atomic E-state index is 0.666. The second-order valence-corrected chi connectivity index (χ2v) is 24.7. The number of hydrogen-bond donors (Lipinski definition) is 0. The zero-order valence-electron chi connectivity index (χ0n) is 35.5. The molecule has 0 saturated heterocycles. The topological polar surface area (TPSA) is 33.6 Å². The van der Waals surface area contributed by atoms with Crippen LogP contribution >= 0.6 is 0 Å². The van der Waals surface area contributed by atoms with Crippen molar-refractivity contribution in [2.24, 2.45) is 0 Å². The molecule has 0 aliphatic heterocycles. The van der Waals surface area contributed by atoms with Crippen LogP contribution in [0.3, 0.4) is 0 Å². The summed E-state index contributed by atoms with van der Waals surface area (Å²) in [7, 11) is 0. The molecule has 65 heavy (non-hydrogen) atoms. The van der Waals surface area contributed by atoms with E-state index < -0.39 is 13.3 Å². The minimum Gasteiger partial charge on any atom is -0.0622 e. The number of aromatic nitrogens is 2. The van der Waals surface area contributed by atoms with Crippen molar-refractivity contribution in [3.05, 3.63) is 254 Å². The number of fused-ring (bicyclic) bond motifs is 7. The first-order valence-corrected chi connectivity index (χ1v) is 26.4. The van der Waals surface area contributed by atoms with E-state index in [0.717, 1.165) is 55.7 Å². The van der Waals surface area contributed by atoms with Crippen LogP contribution in [0.2, 0.25) is 0 Å². The van der Waals surface area contributed by atoms with Crippen molar-refractivity contribution in [1.82, 2.24) is 9.13 Å². The number of benzene rings is 10. The van der Waals surface area contributed by atoms with Crippen molar-refractivity contribution in [2.45, 2.75) is 0 Å². The fraction of sp³-hybridized carbons (Fsp3) is 0. The first-order chi connectivity index (χ1) is 32.2. The fourth-order valence-corrected chi connectivity index (χ4v) is 20.6. The third kappa shape index (κ3) is 6.10. The van der Waals surface area contributed by atoms with Gasteiger partial charge in [-0.05, 0) is 11.1 Å². The van der Waals surface area contributed by atoms with Crippen molar-refractivity contribution >= 4 is 74.5 Å². The van der Waals surface area contributed by atoms with Gasteiger partial charge in [-0.3, -0.25) is 0 Å². The molecule has 0 fully saturated rings. The van der Waals surface area contributed by atoms with Gasteiger partial charge in [0.2, 0.25) is 0 Å². The Hall–Kier alpha value is -8.17. The van der Waals surface area contributed by atoms with Crippen molar-refractivity contribution in [1.29, 1.82) is 5.26 Å². The van der Waals surface area contributed by atoms with E-state index in [1.165, 1.54) is 39.1 Å². The maximum atomic E-state index is 10.8. The quantitative estimate of drug-likeness (QED) is 0.140. The van der Waals surface area contributed by atoms with Crippen molar-refractivity contribution in [3.8, 4) is 39.7 Å². The molecule has 0 unspecified atom stereocenters. The molecule has 0 amide bonds. The summed E-state index contributed by atoms with van der Waals surface area (Å²) < 4.78 is 10.4. The molecule has 2 heterocycles. The Morgan fingerprint density at radius 2 is 0.708 bits per heavy atom. The summed E-state index contributed by atoms with van der Waals surface area (Å²) in [5.41, 5.74) is 11.2. The minimum atomic E-state index is -3.57. The molecule has 0 atom stereocenters. The van der Waals surface area contributed by atoms with Crippen LogP contribution in [0.5, 0.6) is 0 Å². The van der Waals surface area contributed by atoms with Crippen LogP contribution in [0, 0.1) is 11.3 Å². The number of hydrogen-bond acceptors (Lipinski definition) is 1. The Labute approximate surface area is 380 Å². The van der Waals surface area contributed by atoms with E-state index in [4.69, 9.17) is 0 Å². The maximum absolute atomic E-state index is 10.8. The molecule has 304 valence electrons. The Morgan fingerprint density at radius 3 is 1.15 bits per heavy atom. The SMILES string of the molecule is N#Cc1c(-c2ccccc2)cc(-n2c3ccccc3c3c4c5ccccc5n(-c5ccc[c]([Ge]([c]6ccccc6)([c]6ccccc6)[c]6ccccc6)c5)c4ccc32)cc1-c1ccccc1. The van der Waals surface area contributed by atoms with Crippen LogP contribution in [0.1, 0.15) is 5.56 Å². The van der Waals surface area contributed by atoms with Gasteiger partial charge >= 0.3 is 294 Å². The molecule has 10 aromatic carbocycles. The van der Waals surface area contributed by atoms with Gasteiger partial charge in [-0.15, -0.1) is 0 Å². The molecule has 0 saturated carbocycles. The van der Waals surface area contributed by atoms with Crippen LogP contribution in [0.15, 0.2) is 249 Å². The van der Waals surface area contributed by atoms with Gasteiger partial charge in [0.1, 0.15) is 6.07 Å². The Morgan fingerprint density at radius 1 is 0.323 bits per heavy atom. The number of rotatable bonds is 8. The Kier molecular flexibility index (Phi) is 9.40. The van der Waals surface area contributed by atoms with Gasteiger partial charge in [-0.1, -0.05) is 60.7 Å². The van der Waals surface area contributed by atoms with Crippen molar-refractivity contribution in [3.63, 3.8) is 0 Å². The number of nitriles is 1. The third-order valence-corrected chi connectivity index (χ3v) is 23.3. The summed E-state index contributed by atoms with van der Waals surface area (Å²) in [5.74, 6) is 0. The first-order valence-electron chi connectivity index (χ1n) is 22.2. The summed E-state index contributed by atoms with van der Waals surface area (Å²) >= 11 is -3.57. The van der Waals surface area contributed by atoms with Gasteiger partial charge in [-0.25, -0.2) is 0 Å². The molecule has 2 aromatic heterocycles. The van der Waals surface area contributed by atoms with Gasteiger partial charge < -0.3 is 0 Å². The van der Waals surface area contributed by atoms with E-state index in [2.05, 4.69) is 228 Å². The normalized spacial score (nSPS) is 11.7. The fourth-order valence-electron chi connectivity index (χ4n) is 10.6. The van der Waals surface area contributed by atoms with Gasteiger partial charge in [0.25, 0.3) is 0 Å². The third-order valence-electron chi connectivity index (χ3n) is 13.3. The van der Waals surface area contributed by atoms with Gasteiger partial charge in [-0.2, -0.15) is 5.26 Å². The van der Waals surface area contributed by atoms with Gasteiger partial charge in [0.15, 0.2) is 0 Å². The zero-order chi connectivity index (χ0) is 43.3. The molecular formula is C61H41GeN3. The molecule has 0 bridgehead atoms. The predicted octanol–water partition coefficient (Wildman–Crippen LogP) is 12.5. The van der Waals surface area contributed by atoms with Gasteiger partial charge in [0.05, 0.1) is 5.56 Å². The van der Waals surface area contributed by atoms with E-state index in [9.17, 15) is 5.26 Å². The molecule has 0 N–H and O–H groups in total. The van der Waals surface area contributed by atoms with E-state index in [1.54, 1.807) is 0 Å². The van der Waals surface area contributed by atoms with E-state index in [1.807, 2.05) is 36.4 Å². The molecule has 3 nitrogen and oxygen atoms in total. The summed E-state index contributed by atoms with van der Waals surface area (Å²) in [4.78, 5) is 0. The number of para-hydroxylation sites is 2. The second kappa shape index (κ2) is 15.9. The average molecular weight is 889 g/mol. The molecule has 0 radical (unpaired) electrons. The molecule has 12 aromatic rings. The van der Waals surface area contributed by atoms with E-state index in [-0.39, 0.29) is 0 Å². The Bertz CT molecular complexity index is 3600. The smallest absolute Gasteiger partial charge is 0.0622 e. The van der Waals surface area contributed by atoms with Crippen LogP contribution < -0.4 is 17.6 Å².